The predicted molar refractivity (Wildman–Crippen MR) is 126 cm³/mol. The number of hydrogen-bond acceptors (Lipinski definition) is 6. The van der Waals surface area contributed by atoms with Crippen LogP contribution in [0.5, 0.6) is 0 Å². The van der Waals surface area contributed by atoms with E-state index in [2.05, 4.69) is 57.7 Å². The van der Waals surface area contributed by atoms with Crippen molar-refractivity contribution in [3.63, 3.8) is 0 Å². The van der Waals surface area contributed by atoms with Gasteiger partial charge in [-0.1, -0.05) is 6.58 Å². The maximum absolute atomic E-state index is 12.0. The zero-order valence-electron chi connectivity index (χ0n) is 19.7. The van der Waals surface area contributed by atoms with E-state index in [1.165, 1.54) is 0 Å². The van der Waals surface area contributed by atoms with Crippen LogP contribution in [0.15, 0.2) is 12.7 Å². The number of carbonyl (C=O) groups excluding carboxylic acids is 2. The van der Waals surface area contributed by atoms with Gasteiger partial charge < -0.3 is 23.4 Å². The molecule has 0 aromatic carbocycles. The van der Waals surface area contributed by atoms with E-state index in [1.807, 2.05) is 0 Å². The highest BCUT2D eigenvalue weighted by Gasteiger charge is 2.41. The topological polar surface area (TPSA) is 94.1 Å². The van der Waals surface area contributed by atoms with Crippen molar-refractivity contribution in [3.05, 3.63) is 12.7 Å². The molecule has 1 aliphatic carbocycles. The second kappa shape index (κ2) is 11.2. The van der Waals surface area contributed by atoms with E-state index >= 15 is 0 Å². The molecule has 0 spiro atoms. The summed E-state index contributed by atoms with van der Waals surface area (Å²) in [6, 6.07) is 0.901. The van der Waals surface area contributed by atoms with Crippen LogP contribution in [0, 0.1) is 5.92 Å². The van der Waals surface area contributed by atoms with Crippen LogP contribution in [-0.2, 0) is 22.6 Å². The van der Waals surface area contributed by atoms with E-state index in [4.69, 9.17) is 13.0 Å². The number of rotatable bonds is 11. The second-order valence-corrected chi connectivity index (χ2v) is 23.1. The van der Waals surface area contributed by atoms with Crippen LogP contribution < -0.4 is 5.32 Å². The van der Waals surface area contributed by atoms with Crippen molar-refractivity contribution in [3.8, 4) is 0 Å². The molecule has 1 rings (SSSR count). The lowest BCUT2D eigenvalue weighted by Crippen LogP contribution is -2.52. The van der Waals surface area contributed by atoms with Gasteiger partial charge >= 0.3 is 14.5 Å². The second-order valence-electron chi connectivity index (χ2n) is 10.3. The lowest BCUT2D eigenvalue weighted by molar-refractivity contribution is -0.158. The maximum Gasteiger partial charge on any atom is 0.325 e. The third kappa shape index (κ3) is 11.0. The smallest absolute Gasteiger partial charge is 0.325 e. The van der Waals surface area contributed by atoms with Crippen molar-refractivity contribution in [2.24, 2.45) is 5.92 Å². The Kier molecular flexibility index (Phi) is 10.2. The van der Waals surface area contributed by atoms with Crippen molar-refractivity contribution in [2.45, 2.75) is 89.8 Å². The summed E-state index contributed by atoms with van der Waals surface area (Å²) in [6.07, 6.45) is 2.94. The Hall–Kier alpha value is -0.789. The van der Waals surface area contributed by atoms with Gasteiger partial charge in [0, 0.05) is 0 Å². The SMILES string of the molecule is C=CC(=O)NCC(=O)OC1CC(CC[Si](C)(O[Si](C)(C)C)O[Si](C)(C)C)CCC1O. The van der Waals surface area contributed by atoms with Crippen LogP contribution in [0.25, 0.3) is 0 Å². The Morgan fingerprint density at radius 1 is 1.07 bits per heavy atom. The number of nitrogens with one attached hydrogen (secondary N) is 1. The quantitative estimate of drug-likeness (QED) is 0.270. The minimum atomic E-state index is -2.31. The highest BCUT2D eigenvalue weighted by Crippen LogP contribution is 2.34. The molecule has 174 valence electrons. The zero-order chi connectivity index (χ0) is 23.2. The first-order valence-corrected chi connectivity index (χ1v) is 20.1. The monoisotopic (exact) mass is 475 g/mol. The number of amides is 1. The van der Waals surface area contributed by atoms with E-state index < -0.39 is 49.3 Å². The minimum Gasteiger partial charge on any atom is -0.458 e. The molecular formula is C20H41NO6Si3. The van der Waals surface area contributed by atoms with Gasteiger partial charge in [-0.05, 0) is 89.6 Å². The molecule has 1 amide bonds. The Labute approximate surface area is 185 Å². The lowest BCUT2D eigenvalue weighted by atomic mass is 9.84. The average molecular weight is 476 g/mol. The molecule has 10 heteroatoms. The summed E-state index contributed by atoms with van der Waals surface area (Å²) < 4.78 is 18.6. The minimum absolute atomic E-state index is 0.224. The first kappa shape index (κ1) is 27.2. The van der Waals surface area contributed by atoms with Crippen molar-refractivity contribution < 1.29 is 27.7 Å². The molecule has 3 unspecified atom stereocenters. The van der Waals surface area contributed by atoms with Gasteiger partial charge in [-0.2, -0.15) is 0 Å². The Morgan fingerprint density at radius 2 is 1.63 bits per heavy atom. The maximum atomic E-state index is 12.0. The number of aliphatic hydroxyl groups excluding tert-OH is 1. The van der Waals surface area contributed by atoms with Crippen molar-refractivity contribution in [1.82, 2.24) is 5.32 Å². The van der Waals surface area contributed by atoms with E-state index in [9.17, 15) is 14.7 Å². The van der Waals surface area contributed by atoms with Gasteiger partial charge in [-0.3, -0.25) is 9.59 Å². The molecule has 0 aliphatic heterocycles. The van der Waals surface area contributed by atoms with Gasteiger partial charge in [0.05, 0.1) is 6.10 Å². The number of aliphatic hydroxyl groups is 1. The van der Waals surface area contributed by atoms with Crippen LogP contribution in [0.4, 0.5) is 0 Å². The molecule has 0 aromatic rings. The van der Waals surface area contributed by atoms with E-state index in [0.29, 0.717) is 18.8 Å². The summed E-state index contributed by atoms with van der Waals surface area (Å²) in [4.78, 5) is 23.2. The molecule has 1 aliphatic rings. The van der Waals surface area contributed by atoms with E-state index in [1.54, 1.807) is 0 Å². The van der Waals surface area contributed by atoms with Crippen LogP contribution in [0.1, 0.15) is 25.7 Å². The summed E-state index contributed by atoms with van der Waals surface area (Å²) in [7, 11) is -5.79. The first-order chi connectivity index (χ1) is 13.6. The number of esters is 1. The van der Waals surface area contributed by atoms with Gasteiger partial charge in [-0.25, -0.2) is 0 Å². The molecular weight excluding hydrogens is 434 g/mol. The fourth-order valence-corrected chi connectivity index (χ4v) is 16.6. The van der Waals surface area contributed by atoms with Gasteiger partial charge in [0.25, 0.3) is 0 Å². The summed E-state index contributed by atoms with van der Waals surface area (Å²) in [5.41, 5.74) is 0. The van der Waals surface area contributed by atoms with Crippen LogP contribution in [0.3, 0.4) is 0 Å². The summed E-state index contributed by atoms with van der Waals surface area (Å²) >= 11 is 0. The molecule has 0 radical (unpaired) electrons. The third-order valence-electron chi connectivity index (χ3n) is 4.79. The lowest BCUT2D eigenvalue weighted by Gasteiger charge is -2.40. The summed E-state index contributed by atoms with van der Waals surface area (Å²) in [5, 5.41) is 12.7. The molecule has 1 saturated carbocycles. The molecule has 2 N–H and O–H groups in total. The third-order valence-corrected chi connectivity index (χ3v) is 14.3. The van der Waals surface area contributed by atoms with Crippen LogP contribution in [-0.4, -0.2) is 60.9 Å². The molecule has 0 aromatic heterocycles. The van der Waals surface area contributed by atoms with Crippen molar-refractivity contribution in [2.75, 3.05) is 6.54 Å². The van der Waals surface area contributed by atoms with Crippen LogP contribution in [0.2, 0.25) is 51.9 Å². The highest BCUT2D eigenvalue weighted by atomic mass is 28.5. The molecule has 30 heavy (non-hydrogen) atoms. The van der Waals surface area contributed by atoms with Crippen LogP contribution >= 0.6 is 0 Å². The molecule has 0 bridgehead atoms. The summed E-state index contributed by atoms with van der Waals surface area (Å²) in [6.45, 7) is 18.5. The van der Waals surface area contributed by atoms with Crippen molar-refractivity contribution in [1.29, 1.82) is 0 Å². The van der Waals surface area contributed by atoms with Gasteiger partial charge in [-0.15, -0.1) is 0 Å². The summed E-state index contributed by atoms with van der Waals surface area (Å²) in [5.74, 6) is -0.627. The highest BCUT2D eigenvalue weighted by molar-refractivity contribution is 6.87. The van der Waals surface area contributed by atoms with Gasteiger partial charge in [0.1, 0.15) is 12.6 Å². The number of hydrogen-bond donors (Lipinski definition) is 2. The normalized spacial score (nSPS) is 23.0. The van der Waals surface area contributed by atoms with Crippen molar-refractivity contribution >= 4 is 37.1 Å². The average Bonchev–Trinajstić information content (AvgIpc) is 2.57. The predicted octanol–water partition coefficient (Wildman–Crippen LogP) is 3.53. The Balaban J connectivity index is 2.67. The molecule has 7 nitrogen and oxygen atoms in total. The zero-order valence-corrected chi connectivity index (χ0v) is 22.7. The molecule has 3 atom stereocenters. The van der Waals surface area contributed by atoms with Gasteiger partial charge in [0.15, 0.2) is 16.6 Å². The molecule has 0 saturated heterocycles. The van der Waals surface area contributed by atoms with E-state index in [0.717, 1.165) is 25.0 Å². The largest absolute Gasteiger partial charge is 0.458 e. The first-order valence-electron chi connectivity index (χ1n) is 10.8. The number of ether oxygens (including phenoxy) is 1. The number of carbonyl (C=O) groups is 2. The fraction of sp³-hybridized carbons (Fsp3) is 0.800. The molecule has 0 heterocycles. The molecule has 1 fully saturated rings. The van der Waals surface area contributed by atoms with Gasteiger partial charge in [0.2, 0.25) is 5.91 Å². The Morgan fingerprint density at radius 3 is 2.13 bits per heavy atom. The standard InChI is InChI=1S/C20H41NO6Si3/c1-9-19(23)21-15-20(24)25-18-14-16(10-11-17(18)22)12-13-30(8,26-28(2,3)4)27-29(5,6)7/h9,16-18,22H,1,10-15H2,2-8H3,(H,21,23). The van der Waals surface area contributed by atoms with E-state index in [-0.39, 0.29) is 6.54 Å². The fourth-order valence-electron chi connectivity index (χ4n) is 3.91. The Bertz CT molecular complexity index is 586.